The van der Waals surface area contributed by atoms with E-state index in [1.165, 1.54) is 0 Å². The van der Waals surface area contributed by atoms with Crippen molar-refractivity contribution in [2.24, 2.45) is 0 Å². The van der Waals surface area contributed by atoms with Crippen LogP contribution in [0.3, 0.4) is 0 Å². The molecule has 18 heavy (non-hydrogen) atoms. The molecule has 0 amide bonds. The topological polar surface area (TPSA) is 63.9 Å². The molecule has 0 saturated carbocycles. The zero-order valence-electron chi connectivity index (χ0n) is 10.1. The minimum atomic E-state index is -1.48. The molecule has 1 aliphatic rings. The van der Waals surface area contributed by atoms with Crippen LogP contribution in [0.25, 0.3) is 0 Å². The molecule has 0 aliphatic carbocycles. The second kappa shape index (κ2) is 6.04. The van der Waals surface area contributed by atoms with Crippen LogP contribution in [0.1, 0.15) is 18.4 Å². The molecule has 0 atom stereocenters. The van der Waals surface area contributed by atoms with Crippen molar-refractivity contribution in [1.29, 1.82) is 0 Å². The van der Waals surface area contributed by atoms with Gasteiger partial charge < -0.3 is 15.2 Å². The predicted molar refractivity (Wildman–Crippen MR) is 71.8 cm³/mol. The lowest BCUT2D eigenvalue weighted by Crippen LogP contribution is -2.35. The molecular weight excluding hydrogens is 252 g/mol. The Bertz CT molecular complexity index is 408. The molecule has 3 N–H and O–H groups in total. The maximum atomic E-state index is 9.44. The van der Waals surface area contributed by atoms with Crippen molar-refractivity contribution in [2.75, 3.05) is 13.1 Å². The van der Waals surface area contributed by atoms with Crippen molar-refractivity contribution in [3.05, 3.63) is 28.8 Å². The molecule has 0 bridgehead atoms. The Hall–Kier alpha value is -0.585. The molecule has 0 unspecified atom stereocenters. The Labute approximate surface area is 112 Å². The number of piperidine rings is 1. The number of aliphatic hydroxyl groups is 1. The third kappa shape index (κ3) is 3.46. The summed E-state index contributed by atoms with van der Waals surface area (Å²) in [6.07, 6.45) is 1.42. The molecule has 98 valence electrons. The summed E-state index contributed by atoms with van der Waals surface area (Å²) in [6.45, 7) is 2.46. The first-order valence-corrected chi connectivity index (χ1v) is 6.49. The van der Waals surface area contributed by atoms with Crippen LogP contribution in [-0.4, -0.2) is 46.4 Å². The van der Waals surface area contributed by atoms with Gasteiger partial charge in [-0.15, -0.1) is 0 Å². The number of hydrogen-bond acceptors (Lipinski definition) is 4. The Kier molecular flexibility index (Phi) is 4.64. The summed E-state index contributed by atoms with van der Waals surface area (Å²) < 4.78 is 0. The number of aliphatic hydroxyl groups excluding tert-OH is 1. The Morgan fingerprint density at radius 2 is 1.94 bits per heavy atom. The molecule has 1 fully saturated rings. The van der Waals surface area contributed by atoms with Gasteiger partial charge in [0.1, 0.15) is 0 Å². The molecular formula is C12H17BClNO3. The van der Waals surface area contributed by atoms with Gasteiger partial charge in [0.25, 0.3) is 0 Å². The fourth-order valence-corrected chi connectivity index (χ4v) is 2.42. The highest BCUT2D eigenvalue weighted by atomic mass is 35.5. The van der Waals surface area contributed by atoms with Crippen LogP contribution in [0.15, 0.2) is 18.2 Å². The van der Waals surface area contributed by atoms with Crippen LogP contribution in [0.5, 0.6) is 0 Å². The van der Waals surface area contributed by atoms with Gasteiger partial charge in [-0.3, -0.25) is 4.90 Å². The van der Waals surface area contributed by atoms with E-state index in [1.807, 2.05) is 6.07 Å². The average molecular weight is 270 g/mol. The number of likely N-dealkylation sites (tertiary alicyclic amines) is 1. The van der Waals surface area contributed by atoms with E-state index in [1.54, 1.807) is 12.1 Å². The molecule has 1 heterocycles. The van der Waals surface area contributed by atoms with Crippen LogP contribution in [0, 0.1) is 0 Å². The van der Waals surface area contributed by atoms with Crippen LogP contribution < -0.4 is 5.46 Å². The summed E-state index contributed by atoms with van der Waals surface area (Å²) in [5, 5.41) is 28.1. The van der Waals surface area contributed by atoms with Crippen LogP contribution >= 0.6 is 11.6 Å². The van der Waals surface area contributed by atoms with Crippen molar-refractivity contribution >= 4 is 24.2 Å². The Morgan fingerprint density at radius 1 is 1.28 bits per heavy atom. The van der Waals surface area contributed by atoms with Crippen molar-refractivity contribution in [3.8, 4) is 0 Å². The standard InChI is InChI=1S/C12H17BClNO3/c14-12-7-10(13(17)18)2-1-9(12)8-15-5-3-11(16)4-6-15/h1-2,7,11,16-18H,3-6,8H2. The van der Waals surface area contributed by atoms with Gasteiger partial charge in [0.05, 0.1) is 6.10 Å². The third-order valence-corrected chi connectivity index (χ3v) is 3.68. The van der Waals surface area contributed by atoms with E-state index in [4.69, 9.17) is 21.6 Å². The molecule has 0 spiro atoms. The fourth-order valence-electron chi connectivity index (χ4n) is 2.17. The molecule has 1 aromatic carbocycles. The van der Waals surface area contributed by atoms with Crippen LogP contribution in [-0.2, 0) is 6.54 Å². The van der Waals surface area contributed by atoms with Crippen LogP contribution in [0.4, 0.5) is 0 Å². The largest absolute Gasteiger partial charge is 0.488 e. The monoisotopic (exact) mass is 269 g/mol. The first-order valence-electron chi connectivity index (χ1n) is 6.11. The number of hydrogen-bond donors (Lipinski definition) is 3. The minimum absolute atomic E-state index is 0.177. The van der Waals surface area contributed by atoms with E-state index in [9.17, 15) is 5.11 Å². The maximum absolute atomic E-state index is 9.44. The molecule has 1 aliphatic heterocycles. The molecule has 1 saturated heterocycles. The smallest absolute Gasteiger partial charge is 0.423 e. The van der Waals surface area contributed by atoms with Crippen molar-refractivity contribution in [1.82, 2.24) is 4.90 Å². The van der Waals surface area contributed by atoms with E-state index in [2.05, 4.69) is 4.90 Å². The number of nitrogens with zero attached hydrogens (tertiary/aromatic N) is 1. The lowest BCUT2D eigenvalue weighted by Gasteiger charge is -2.29. The third-order valence-electron chi connectivity index (χ3n) is 3.33. The van der Waals surface area contributed by atoms with Crippen molar-refractivity contribution in [2.45, 2.75) is 25.5 Å². The van der Waals surface area contributed by atoms with Crippen molar-refractivity contribution < 1.29 is 15.2 Å². The summed E-state index contributed by atoms with van der Waals surface area (Å²) >= 11 is 6.12. The van der Waals surface area contributed by atoms with Gasteiger partial charge in [0.15, 0.2) is 0 Å². The first-order chi connectivity index (χ1) is 8.56. The first kappa shape index (κ1) is 13.8. The van der Waals surface area contributed by atoms with Gasteiger partial charge in [-0.25, -0.2) is 0 Å². The Morgan fingerprint density at radius 3 is 2.50 bits per heavy atom. The number of benzene rings is 1. The van der Waals surface area contributed by atoms with E-state index in [0.717, 1.165) is 38.0 Å². The summed E-state index contributed by atoms with van der Waals surface area (Å²) in [6, 6.07) is 5.08. The summed E-state index contributed by atoms with van der Waals surface area (Å²) in [4.78, 5) is 2.24. The van der Waals surface area contributed by atoms with Gasteiger partial charge in [-0.2, -0.15) is 0 Å². The molecule has 4 nitrogen and oxygen atoms in total. The lowest BCUT2D eigenvalue weighted by molar-refractivity contribution is 0.0792. The molecule has 0 radical (unpaired) electrons. The van der Waals surface area contributed by atoms with E-state index < -0.39 is 7.12 Å². The molecule has 0 aromatic heterocycles. The van der Waals surface area contributed by atoms with Gasteiger partial charge in [0, 0.05) is 24.7 Å². The number of halogens is 1. The Balaban J connectivity index is 2.01. The molecule has 2 rings (SSSR count). The average Bonchev–Trinajstić information content (AvgIpc) is 2.34. The number of rotatable bonds is 3. The van der Waals surface area contributed by atoms with E-state index in [-0.39, 0.29) is 6.10 Å². The van der Waals surface area contributed by atoms with E-state index in [0.29, 0.717) is 10.5 Å². The second-order valence-corrected chi connectivity index (χ2v) is 5.14. The second-order valence-electron chi connectivity index (χ2n) is 4.73. The van der Waals surface area contributed by atoms with Gasteiger partial charge in [-0.1, -0.05) is 23.7 Å². The lowest BCUT2D eigenvalue weighted by atomic mass is 9.80. The van der Waals surface area contributed by atoms with Gasteiger partial charge in [-0.05, 0) is 29.9 Å². The molecule has 1 aromatic rings. The zero-order valence-corrected chi connectivity index (χ0v) is 10.8. The normalized spacial score (nSPS) is 18.0. The van der Waals surface area contributed by atoms with Gasteiger partial charge in [0.2, 0.25) is 0 Å². The minimum Gasteiger partial charge on any atom is -0.423 e. The fraction of sp³-hybridized carbons (Fsp3) is 0.500. The quantitative estimate of drug-likeness (QED) is 0.675. The predicted octanol–water partition coefficient (Wildman–Crippen LogP) is -0.0235. The molecule has 6 heteroatoms. The van der Waals surface area contributed by atoms with Crippen LogP contribution in [0.2, 0.25) is 5.02 Å². The highest BCUT2D eigenvalue weighted by Gasteiger charge is 2.18. The van der Waals surface area contributed by atoms with Gasteiger partial charge >= 0.3 is 7.12 Å². The van der Waals surface area contributed by atoms with E-state index >= 15 is 0 Å². The highest BCUT2D eigenvalue weighted by molar-refractivity contribution is 6.59. The summed E-state index contributed by atoms with van der Waals surface area (Å²) in [5.41, 5.74) is 1.37. The highest BCUT2D eigenvalue weighted by Crippen LogP contribution is 2.19. The SMILES string of the molecule is OB(O)c1ccc(CN2CCC(O)CC2)c(Cl)c1. The maximum Gasteiger partial charge on any atom is 0.488 e. The summed E-state index contributed by atoms with van der Waals surface area (Å²) in [5.74, 6) is 0. The zero-order chi connectivity index (χ0) is 13.1. The van der Waals surface area contributed by atoms with Crippen molar-refractivity contribution in [3.63, 3.8) is 0 Å². The summed E-state index contributed by atoms with van der Waals surface area (Å²) in [7, 11) is -1.48.